The Labute approximate surface area is 144 Å². The Morgan fingerprint density at radius 2 is 1.76 bits per heavy atom. The first-order valence-corrected chi connectivity index (χ1v) is 7.93. The van der Waals surface area contributed by atoms with Gasteiger partial charge in [0.05, 0.1) is 5.70 Å². The minimum Gasteiger partial charge on any atom is -0.435 e. The fourth-order valence-corrected chi connectivity index (χ4v) is 2.71. The molecule has 0 aliphatic carbocycles. The van der Waals surface area contributed by atoms with Crippen molar-refractivity contribution < 1.29 is 18.3 Å². The Bertz CT molecular complexity index is 761. The molecule has 25 heavy (non-hydrogen) atoms. The number of carbonyl (C=O) groups is 1. The Morgan fingerprint density at radius 3 is 2.40 bits per heavy atom. The summed E-state index contributed by atoms with van der Waals surface area (Å²) < 4.78 is 28.7. The molecule has 4 nitrogen and oxygen atoms in total. The summed E-state index contributed by atoms with van der Waals surface area (Å²) in [6.07, 6.45) is 1.82. The van der Waals surface area contributed by atoms with Crippen LogP contribution >= 0.6 is 0 Å². The Morgan fingerprint density at radius 1 is 1.08 bits per heavy atom. The van der Waals surface area contributed by atoms with Gasteiger partial charge in [0.15, 0.2) is 0 Å². The molecule has 0 saturated heterocycles. The second kappa shape index (κ2) is 7.34. The lowest BCUT2D eigenvalue weighted by Crippen LogP contribution is -2.31. The molecule has 1 aliphatic rings. The lowest BCUT2D eigenvalue weighted by Gasteiger charge is -2.19. The van der Waals surface area contributed by atoms with Crippen LogP contribution in [0.25, 0.3) is 0 Å². The normalized spacial score (nSPS) is 15.3. The van der Waals surface area contributed by atoms with Crippen LogP contribution in [-0.4, -0.2) is 19.1 Å². The first-order valence-electron chi connectivity index (χ1n) is 7.93. The van der Waals surface area contributed by atoms with E-state index in [0.717, 1.165) is 5.56 Å². The quantitative estimate of drug-likeness (QED) is 0.865. The lowest BCUT2D eigenvalue weighted by atomic mass is 10.1. The van der Waals surface area contributed by atoms with E-state index in [-0.39, 0.29) is 17.7 Å². The van der Waals surface area contributed by atoms with Crippen LogP contribution in [0.1, 0.15) is 18.5 Å². The number of nitrogens with one attached hydrogen (secondary N) is 1. The Balaban J connectivity index is 1.65. The molecule has 0 bridgehead atoms. The molecule has 1 amide bonds. The second-order valence-electron chi connectivity index (χ2n) is 5.68. The standard InChI is InChI=1S/C19H18F2N2O2/c1-13(14-5-3-2-4-6-14)22-17-11-12-23(18(17)24)15-7-9-16(10-8-15)25-19(20)21/h2-11,13,19,22H,12H2,1H3. The van der Waals surface area contributed by atoms with Gasteiger partial charge in [0, 0.05) is 18.3 Å². The summed E-state index contributed by atoms with van der Waals surface area (Å²) in [5.74, 6) is -0.0836. The molecule has 3 rings (SSSR count). The second-order valence-corrected chi connectivity index (χ2v) is 5.68. The van der Waals surface area contributed by atoms with Crippen molar-refractivity contribution in [3.05, 3.63) is 71.9 Å². The molecule has 0 spiro atoms. The molecule has 0 saturated carbocycles. The van der Waals surface area contributed by atoms with Gasteiger partial charge in [-0.2, -0.15) is 8.78 Å². The molecule has 2 aromatic rings. The summed E-state index contributed by atoms with van der Waals surface area (Å²) in [7, 11) is 0. The molecule has 1 N–H and O–H groups in total. The highest BCUT2D eigenvalue weighted by Gasteiger charge is 2.26. The molecule has 0 aromatic heterocycles. The van der Waals surface area contributed by atoms with Crippen molar-refractivity contribution in [2.45, 2.75) is 19.6 Å². The molecule has 6 heteroatoms. The number of hydrogen-bond acceptors (Lipinski definition) is 3. The summed E-state index contributed by atoms with van der Waals surface area (Å²) in [5.41, 5.74) is 2.25. The molecule has 0 radical (unpaired) electrons. The van der Waals surface area contributed by atoms with Crippen molar-refractivity contribution >= 4 is 11.6 Å². The van der Waals surface area contributed by atoms with Crippen molar-refractivity contribution in [3.63, 3.8) is 0 Å². The molecule has 1 atom stereocenters. The minimum absolute atomic E-state index is 0.00170. The van der Waals surface area contributed by atoms with Crippen LogP contribution in [0.5, 0.6) is 5.75 Å². The molecule has 1 aliphatic heterocycles. The van der Waals surface area contributed by atoms with Crippen molar-refractivity contribution in [2.75, 3.05) is 11.4 Å². The maximum absolute atomic E-state index is 12.6. The van der Waals surface area contributed by atoms with Crippen LogP contribution in [0.15, 0.2) is 66.4 Å². The van der Waals surface area contributed by atoms with Crippen LogP contribution in [0.3, 0.4) is 0 Å². The molecule has 0 fully saturated rings. The van der Waals surface area contributed by atoms with Gasteiger partial charge in [-0.25, -0.2) is 0 Å². The minimum atomic E-state index is -2.86. The number of anilines is 1. The summed E-state index contributed by atoms with van der Waals surface area (Å²) in [5, 5.41) is 3.23. The third-order valence-electron chi connectivity index (χ3n) is 4.00. The first-order chi connectivity index (χ1) is 12.0. The topological polar surface area (TPSA) is 41.6 Å². The van der Waals surface area contributed by atoms with E-state index in [2.05, 4.69) is 10.1 Å². The van der Waals surface area contributed by atoms with Gasteiger partial charge in [-0.3, -0.25) is 4.79 Å². The number of benzene rings is 2. The monoisotopic (exact) mass is 344 g/mol. The van der Waals surface area contributed by atoms with Gasteiger partial charge in [-0.15, -0.1) is 0 Å². The predicted molar refractivity (Wildman–Crippen MR) is 91.5 cm³/mol. The van der Waals surface area contributed by atoms with Gasteiger partial charge in [0.2, 0.25) is 0 Å². The van der Waals surface area contributed by atoms with E-state index in [1.807, 2.05) is 43.3 Å². The fourth-order valence-electron chi connectivity index (χ4n) is 2.71. The average molecular weight is 344 g/mol. The number of ether oxygens (including phenoxy) is 1. The maximum atomic E-state index is 12.6. The number of halogens is 2. The van der Waals surface area contributed by atoms with Crippen LogP contribution in [-0.2, 0) is 4.79 Å². The zero-order chi connectivity index (χ0) is 17.8. The van der Waals surface area contributed by atoms with Gasteiger partial charge in [-0.05, 0) is 42.8 Å². The maximum Gasteiger partial charge on any atom is 0.387 e. The molecule has 2 aromatic carbocycles. The van der Waals surface area contributed by atoms with Gasteiger partial charge < -0.3 is 15.0 Å². The Kier molecular flexibility index (Phi) is 4.97. The van der Waals surface area contributed by atoms with Gasteiger partial charge in [-0.1, -0.05) is 30.3 Å². The lowest BCUT2D eigenvalue weighted by molar-refractivity contribution is -0.114. The molecule has 1 unspecified atom stereocenters. The van der Waals surface area contributed by atoms with Crippen molar-refractivity contribution in [2.24, 2.45) is 0 Å². The predicted octanol–water partition coefficient (Wildman–Crippen LogP) is 3.87. The molecule has 1 heterocycles. The number of amides is 1. The summed E-state index contributed by atoms with van der Waals surface area (Å²) >= 11 is 0. The van der Waals surface area contributed by atoms with E-state index in [9.17, 15) is 13.6 Å². The van der Waals surface area contributed by atoms with Crippen LogP contribution in [0, 0.1) is 0 Å². The van der Waals surface area contributed by atoms with E-state index in [1.165, 1.54) is 12.1 Å². The number of rotatable bonds is 6. The highest BCUT2D eigenvalue weighted by atomic mass is 19.3. The zero-order valence-corrected chi connectivity index (χ0v) is 13.7. The van der Waals surface area contributed by atoms with Crippen molar-refractivity contribution in [1.82, 2.24) is 5.32 Å². The fraction of sp³-hybridized carbons (Fsp3) is 0.211. The van der Waals surface area contributed by atoms with Crippen LogP contribution in [0.2, 0.25) is 0 Å². The molecular weight excluding hydrogens is 326 g/mol. The van der Waals surface area contributed by atoms with E-state index < -0.39 is 6.61 Å². The molecular formula is C19H18F2N2O2. The van der Waals surface area contributed by atoms with Gasteiger partial charge >= 0.3 is 6.61 Å². The number of carbonyl (C=O) groups excluding carboxylic acids is 1. The smallest absolute Gasteiger partial charge is 0.387 e. The van der Waals surface area contributed by atoms with Crippen LogP contribution in [0.4, 0.5) is 14.5 Å². The van der Waals surface area contributed by atoms with E-state index in [1.54, 1.807) is 17.0 Å². The largest absolute Gasteiger partial charge is 0.435 e. The average Bonchev–Trinajstić information content (AvgIpc) is 2.96. The first kappa shape index (κ1) is 17.0. The third kappa shape index (κ3) is 3.96. The SMILES string of the molecule is CC(NC1=CCN(c2ccc(OC(F)F)cc2)C1=O)c1ccccc1. The van der Waals surface area contributed by atoms with Gasteiger partial charge in [0.25, 0.3) is 5.91 Å². The number of alkyl halides is 2. The summed E-state index contributed by atoms with van der Waals surface area (Å²) in [4.78, 5) is 14.2. The Hall–Kier alpha value is -2.89. The summed E-state index contributed by atoms with van der Waals surface area (Å²) in [6.45, 7) is -0.448. The number of nitrogens with zero attached hydrogens (tertiary/aromatic N) is 1. The van der Waals surface area contributed by atoms with Gasteiger partial charge in [0.1, 0.15) is 5.75 Å². The van der Waals surface area contributed by atoms with Crippen molar-refractivity contribution in [3.8, 4) is 5.75 Å². The van der Waals surface area contributed by atoms with E-state index in [0.29, 0.717) is 17.9 Å². The van der Waals surface area contributed by atoms with Crippen molar-refractivity contribution in [1.29, 1.82) is 0 Å². The highest BCUT2D eigenvalue weighted by molar-refractivity contribution is 6.07. The van der Waals surface area contributed by atoms with E-state index in [4.69, 9.17) is 0 Å². The number of hydrogen-bond donors (Lipinski definition) is 1. The highest BCUT2D eigenvalue weighted by Crippen LogP contribution is 2.25. The molecule has 130 valence electrons. The zero-order valence-electron chi connectivity index (χ0n) is 13.7. The van der Waals surface area contributed by atoms with E-state index >= 15 is 0 Å². The summed E-state index contributed by atoms with van der Waals surface area (Å²) in [6, 6.07) is 15.9. The van der Waals surface area contributed by atoms with Crippen LogP contribution < -0.4 is 15.0 Å². The third-order valence-corrected chi connectivity index (χ3v) is 4.00.